The molecule has 2 aromatic rings. The fourth-order valence-electron chi connectivity index (χ4n) is 3.32. The van der Waals surface area contributed by atoms with Crippen molar-refractivity contribution in [2.24, 2.45) is 5.73 Å². The van der Waals surface area contributed by atoms with E-state index in [9.17, 15) is 9.18 Å². The lowest BCUT2D eigenvalue weighted by Crippen LogP contribution is -2.49. The lowest BCUT2D eigenvalue weighted by Gasteiger charge is -2.40. The van der Waals surface area contributed by atoms with E-state index in [0.717, 1.165) is 12.1 Å². The summed E-state index contributed by atoms with van der Waals surface area (Å²) in [6.07, 6.45) is 0.676. The molecule has 1 aliphatic rings. The molecule has 2 aromatic carbocycles. The van der Waals surface area contributed by atoms with Crippen molar-refractivity contribution in [1.82, 2.24) is 9.80 Å². The molecular formula is C21H26FN3O2. The van der Waals surface area contributed by atoms with Crippen LogP contribution in [0, 0.1) is 5.82 Å². The highest BCUT2D eigenvalue weighted by Gasteiger charge is 2.30. The predicted molar refractivity (Wildman–Crippen MR) is 103 cm³/mol. The summed E-state index contributed by atoms with van der Waals surface area (Å²) in [5.41, 5.74) is 6.93. The number of amides is 1. The Morgan fingerprint density at radius 3 is 2.74 bits per heavy atom. The van der Waals surface area contributed by atoms with Gasteiger partial charge in [0.2, 0.25) is 0 Å². The Bertz CT molecular complexity index is 769. The lowest BCUT2D eigenvalue weighted by atomic mass is 10.0. The summed E-state index contributed by atoms with van der Waals surface area (Å²) in [7, 11) is 2.06. The van der Waals surface area contributed by atoms with Crippen molar-refractivity contribution in [2.45, 2.75) is 12.5 Å². The van der Waals surface area contributed by atoms with E-state index in [4.69, 9.17) is 10.5 Å². The number of halogens is 1. The van der Waals surface area contributed by atoms with Gasteiger partial charge in [0.05, 0.1) is 18.2 Å². The average molecular weight is 371 g/mol. The van der Waals surface area contributed by atoms with Gasteiger partial charge < -0.3 is 15.4 Å². The van der Waals surface area contributed by atoms with E-state index in [1.807, 2.05) is 18.2 Å². The molecule has 3 rings (SSSR count). The van der Waals surface area contributed by atoms with E-state index in [1.165, 1.54) is 18.2 Å². The number of ether oxygens (including phenoxy) is 1. The molecule has 1 amide bonds. The largest absolute Gasteiger partial charge is 0.493 e. The minimum atomic E-state index is -0.446. The molecular weight excluding hydrogens is 345 g/mol. The van der Waals surface area contributed by atoms with Crippen LogP contribution >= 0.6 is 0 Å². The van der Waals surface area contributed by atoms with Crippen LogP contribution in [0.25, 0.3) is 0 Å². The fourth-order valence-corrected chi connectivity index (χ4v) is 3.32. The van der Waals surface area contributed by atoms with Crippen LogP contribution in [0.15, 0.2) is 48.5 Å². The van der Waals surface area contributed by atoms with Crippen molar-refractivity contribution in [1.29, 1.82) is 0 Å². The Hall–Kier alpha value is -2.44. The number of hydrogen-bond acceptors (Lipinski definition) is 4. The molecule has 1 fully saturated rings. The van der Waals surface area contributed by atoms with E-state index in [0.29, 0.717) is 38.4 Å². The summed E-state index contributed by atoms with van der Waals surface area (Å²) in [6.45, 7) is 2.80. The third-order valence-electron chi connectivity index (χ3n) is 4.90. The maximum absolute atomic E-state index is 13.8. The zero-order valence-electron chi connectivity index (χ0n) is 15.6. The first-order valence-corrected chi connectivity index (χ1v) is 9.27. The topological polar surface area (TPSA) is 58.8 Å². The smallest absolute Gasteiger partial charge is 0.257 e. The van der Waals surface area contributed by atoms with Crippen LogP contribution < -0.4 is 10.5 Å². The quantitative estimate of drug-likeness (QED) is 0.793. The highest BCUT2D eigenvalue weighted by Crippen LogP contribution is 2.27. The molecule has 1 heterocycles. The van der Waals surface area contributed by atoms with E-state index >= 15 is 0 Å². The number of nitrogens with two attached hydrogens (primary N) is 1. The van der Waals surface area contributed by atoms with Gasteiger partial charge >= 0.3 is 0 Å². The highest BCUT2D eigenvalue weighted by atomic mass is 19.1. The number of carbonyl (C=O) groups is 1. The van der Waals surface area contributed by atoms with Crippen LogP contribution in [0.3, 0.4) is 0 Å². The van der Waals surface area contributed by atoms with Crippen LogP contribution in [0.4, 0.5) is 4.39 Å². The van der Waals surface area contributed by atoms with E-state index in [1.54, 1.807) is 4.90 Å². The Balaban J connectivity index is 1.80. The molecule has 5 nitrogen and oxygen atoms in total. The fraction of sp³-hybridized carbons (Fsp3) is 0.381. The van der Waals surface area contributed by atoms with Crippen molar-refractivity contribution in [3.05, 3.63) is 65.5 Å². The van der Waals surface area contributed by atoms with E-state index < -0.39 is 5.82 Å². The molecule has 0 unspecified atom stereocenters. The van der Waals surface area contributed by atoms with Gasteiger partial charge in [-0.25, -0.2) is 4.39 Å². The van der Waals surface area contributed by atoms with Crippen molar-refractivity contribution in [3.8, 4) is 5.75 Å². The third-order valence-corrected chi connectivity index (χ3v) is 4.90. The second-order valence-corrected chi connectivity index (χ2v) is 6.79. The molecule has 27 heavy (non-hydrogen) atoms. The molecule has 6 heteroatoms. The second kappa shape index (κ2) is 8.97. The maximum Gasteiger partial charge on any atom is 0.257 e. The Kier molecular flexibility index (Phi) is 6.42. The maximum atomic E-state index is 13.8. The second-order valence-electron chi connectivity index (χ2n) is 6.79. The van der Waals surface area contributed by atoms with Crippen LogP contribution in [-0.4, -0.2) is 55.5 Å². The van der Waals surface area contributed by atoms with Gasteiger partial charge in [0, 0.05) is 19.6 Å². The monoisotopic (exact) mass is 371 g/mol. The van der Waals surface area contributed by atoms with Gasteiger partial charge in [-0.1, -0.05) is 30.3 Å². The summed E-state index contributed by atoms with van der Waals surface area (Å²) < 4.78 is 19.5. The molecule has 0 aromatic heterocycles. The molecule has 1 saturated heterocycles. The number of piperazine rings is 1. The number of rotatable bonds is 6. The van der Waals surface area contributed by atoms with Gasteiger partial charge in [0.1, 0.15) is 11.6 Å². The third kappa shape index (κ3) is 4.64. The van der Waals surface area contributed by atoms with Crippen molar-refractivity contribution < 1.29 is 13.9 Å². The first kappa shape index (κ1) is 19.3. The number of likely N-dealkylation sites (N-methyl/N-ethyl adjacent to an activating group) is 1. The van der Waals surface area contributed by atoms with Crippen molar-refractivity contribution >= 4 is 5.91 Å². The van der Waals surface area contributed by atoms with Crippen molar-refractivity contribution in [2.75, 3.05) is 39.8 Å². The first-order chi connectivity index (χ1) is 13.1. The van der Waals surface area contributed by atoms with E-state index in [-0.39, 0.29) is 17.5 Å². The number of nitrogens with zero attached hydrogens (tertiary/aromatic N) is 2. The molecule has 1 atom stereocenters. The Morgan fingerprint density at radius 2 is 2.00 bits per heavy atom. The van der Waals surface area contributed by atoms with Crippen LogP contribution in [0.1, 0.15) is 28.4 Å². The van der Waals surface area contributed by atoms with Gasteiger partial charge in [-0.3, -0.25) is 9.69 Å². The first-order valence-electron chi connectivity index (χ1n) is 9.27. The summed E-state index contributed by atoms with van der Waals surface area (Å²) >= 11 is 0. The number of hydrogen-bond donors (Lipinski definition) is 1. The summed E-state index contributed by atoms with van der Waals surface area (Å²) in [5, 5.41) is 0. The standard InChI is InChI=1S/C21H26FN3O2/c1-24-11-12-25(15-19(24)16-6-3-2-4-7-16)21(26)18-14-17(22)8-9-20(18)27-13-5-10-23/h2-4,6-9,14,19H,5,10-13,15,23H2,1H3/t19-/m0/s1. The zero-order valence-corrected chi connectivity index (χ0v) is 15.6. The predicted octanol–water partition coefficient (Wildman–Crippen LogP) is 2.68. The van der Waals surface area contributed by atoms with Gasteiger partial charge in [-0.15, -0.1) is 0 Å². The SMILES string of the molecule is CN1CCN(C(=O)c2cc(F)ccc2OCCCN)C[C@H]1c1ccccc1. The van der Waals surface area contributed by atoms with Crippen LogP contribution in [0.2, 0.25) is 0 Å². The molecule has 0 spiro atoms. The highest BCUT2D eigenvalue weighted by molar-refractivity contribution is 5.97. The minimum absolute atomic E-state index is 0.110. The van der Waals surface area contributed by atoms with Gasteiger partial charge in [0.25, 0.3) is 5.91 Å². The number of carbonyl (C=O) groups excluding carboxylic acids is 1. The Labute approximate surface area is 159 Å². The molecule has 0 saturated carbocycles. The molecule has 0 bridgehead atoms. The minimum Gasteiger partial charge on any atom is -0.493 e. The van der Waals surface area contributed by atoms with Crippen LogP contribution in [0.5, 0.6) is 5.75 Å². The zero-order chi connectivity index (χ0) is 19.2. The van der Waals surface area contributed by atoms with Gasteiger partial charge in [0.15, 0.2) is 0 Å². The van der Waals surface area contributed by atoms with Crippen molar-refractivity contribution in [3.63, 3.8) is 0 Å². The summed E-state index contributed by atoms with van der Waals surface area (Å²) in [5.74, 6) is -0.241. The van der Waals surface area contributed by atoms with E-state index in [2.05, 4.69) is 24.1 Å². The van der Waals surface area contributed by atoms with Gasteiger partial charge in [-0.2, -0.15) is 0 Å². The Morgan fingerprint density at radius 1 is 1.22 bits per heavy atom. The molecule has 1 aliphatic heterocycles. The normalized spacial score (nSPS) is 17.7. The molecule has 0 aliphatic carbocycles. The lowest BCUT2D eigenvalue weighted by molar-refractivity contribution is 0.0542. The molecule has 0 radical (unpaired) electrons. The average Bonchev–Trinajstić information content (AvgIpc) is 2.70. The van der Waals surface area contributed by atoms with Crippen LogP contribution in [-0.2, 0) is 0 Å². The molecule has 144 valence electrons. The summed E-state index contributed by atoms with van der Waals surface area (Å²) in [6, 6.07) is 14.3. The van der Waals surface area contributed by atoms with Gasteiger partial charge in [-0.05, 0) is 43.8 Å². The molecule has 2 N–H and O–H groups in total. The number of benzene rings is 2. The summed E-state index contributed by atoms with van der Waals surface area (Å²) in [4.78, 5) is 17.1.